The van der Waals surface area contributed by atoms with Gasteiger partial charge in [0.2, 0.25) is 0 Å². The Labute approximate surface area is 169 Å². The van der Waals surface area contributed by atoms with Gasteiger partial charge in [-0.05, 0) is 42.5 Å². The molecule has 152 valence electrons. The summed E-state index contributed by atoms with van der Waals surface area (Å²) in [6, 6.07) is 11.9. The second-order valence-electron chi connectivity index (χ2n) is 7.26. The molecule has 0 saturated heterocycles. The number of esters is 1. The van der Waals surface area contributed by atoms with Gasteiger partial charge in [-0.25, -0.2) is 4.39 Å². The topological polar surface area (TPSA) is 63.7 Å². The van der Waals surface area contributed by atoms with Crippen molar-refractivity contribution in [2.24, 2.45) is 0 Å². The third kappa shape index (κ3) is 5.50. The maximum Gasteiger partial charge on any atom is 0.306 e. The van der Waals surface area contributed by atoms with E-state index < -0.39 is 24.3 Å². The molecule has 1 amide bonds. The molecule has 0 fully saturated rings. The van der Waals surface area contributed by atoms with Crippen LogP contribution in [0.3, 0.4) is 0 Å². The molecule has 2 aromatic carbocycles. The smallest absolute Gasteiger partial charge is 0.306 e. The highest BCUT2D eigenvalue weighted by atomic mass is 19.1. The van der Waals surface area contributed by atoms with E-state index in [0.29, 0.717) is 11.1 Å². The molecule has 0 aliphatic heterocycles. The van der Waals surface area contributed by atoms with Crippen LogP contribution in [0.25, 0.3) is 0 Å². The van der Waals surface area contributed by atoms with Gasteiger partial charge in [0, 0.05) is 31.1 Å². The Bertz CT molecular complexity index is 925. The van der Waals surface area contributed by atoms with Gasteiger partial charge in [-0.2, -0.15) is 0 Å². The SMILES string of the molecule is CN(Cc1ccccc1F)C(=O)COC(=O)CCC(=O)c1ccc2c(c1)CCC2. The summed E-state index contributed by atoms with van der Waals surface area (Å²) in [5.41, 5.74) is 3.50. The van der Waals surface area contributed by atoms with Gasteiger partial charge in [-0.15, -0.1) is 0 Å². The Morgan fingerprint density at radius 3 is 2.59 bits per heavy atom. The number of likely N-dealkylation sites (N-methyl/N-ethyl adjacent to an activating group) is 1. The Morgan fingerprint density at radius 1 is 1.03 bits per heavy atom. The van der Waals surface area contributed by atoms with E-state index in [1.54, 1.807) is 24.3 Å². The molecule has 1 aliphatic rings. The zero-order valence-corrected chi connectivity index (χ0v) is 16.4. The number of benzene rings is 2. The molecular formula is C23H24FNO4. The lowest BCUT2D eigenvalue weighted by Gasteiger charge is -2.17. The normalized spacial score (nSPS) is 12.3. The molecule has 0 aromatic heterocycles. The van der Waals surface area contributed by atoms with Crippen molar-refractivity contribution in [3.8, 4) is 0 Å². The van der Waals surface area contributed by atoms with Crippen LogP contribution in [0.2, 0.25) is 0 Å². The van der Waals surface area contributed by atoms with Gasteiger partial charge in [0.1, 0.15) is 5.82 Å². The van der Waals surface area contributed by atoms with Crippen LogP contribution in [-0.2, 0) is 33.7 Å². The number of ether oxygens (including phenoxy) is 1. The van der Waals surface area contributed by atoms with Crippen LogP contribution >= 0.6 is 0 Å². The lowest BCUT2D eigenvalue weighted by molar-refractivity contribution is -0.151. The molecule has 0 bridgehead atoms. The molecule has 29 heavy (non-hydrogen) atoms. The first-order valence-corrected chi connectivity index (χ1v) is 9.72. The Hall–Kier alpha value is -3.02. The number of carbonyl (C=O) groups excluding carboxylic acids is 3. The molecule has 2 aromatic rings. The molecule has 0 unspecified atom stereocenters. The average Bonchev–Trinajstić information content (AvgIpc) is 3.19. The molecule has 1 aliphatic carbocycles. The Morgan fingerprint density at radius 2 is 1.79 bits per heavy atom. The van der Waals surface area contributed by atoms with Gasteiger partial charge in [0.15, 0.2) is 12.4 Å². The van der Waals surface area contributed by atoms with E-state index in [1.165, 1.54) is 29.1 Å². The minimum Gasteiger partial charge on any atom is -0.456 e. The highest BCUT2D eigenvalue weighted by Crippen LogP contribution is 2.23. The van der Waals surface area contributed by atoms with Gasteiger partial charge in [0.05, 0.1) is 6.42 Å². The fourth-order valence-electron chi connectivity index (χ4n) is 3.40. The van der Waals surface area contributed by atoms with E-state index in [9.17, 15) is 18.8 Å². The van der Waals surface area contributed by atoms with Crippen molar-refractivity contribution < 1.29 is 23.5 Å². The van der Waals surface area contributed by atoms with Crippen molar-refractivity contribution in [1.82, 2.24) is 4.90 Å². The number of hydrogen-bond donors (Lipinski definition) is 0. The van der Waals surface area contributed by atoms with Crippen molar-refractivity contribution in [3.63, 3.8) is 0 Å². The Kier molecular flexibility index (Phi) is 6.75. The van der Waals surface area contributed by atoms with E-state index in [-0.39, 0.29) is 25.2 Å². The van der Waals surface area contributed by atoms with Crippen LogP contribution in [0, 0.1) is 5.82 Å². The van der Waals surface area contributed by atoms with E-state index in [2.05, 4.69) is 0 Å². The van der Waals surface area contributed by atoms with Gasteiger partial charge in [-0.1, -0.05) is 30.3 Å². The van der Waals surface area contributed by atoms with Crippen molar-refractivity contribution in [2.75, 3.05) is 13.7 Å². The molecule has 6 heteroatoms. The van der Waals surface area contributed by atoms with Crippen molar-refractivity contribution >= 4 is 17.7 Å². The van der Waals surface area contributed by atoms with E-state index in [0.717, 1.165) is 19.3 Å². The lowest BCUT2D eigenvalue weighted by atomic mass is 10.0. The van der Waals surface area contributed by atoms with Crippen molar-refractivity contribution in [2.45, 2.75) is 38.6 Å². The number of halogens is 1. The zero-order valence-electron chi connectivity index (χ0n) is 16.4. The van der Waals surface area contributed by atoms with Crippen LogP contribution in [0.5, 0.6) is 0 Å². The maximum absolute atomic E-state index is 13.7. The Balaban J connectivity index is 1.41. The summed E-state index contributed by atoms with van der Waals surface area (Å²) in [4.78, 5) is 37.6. The first-order chi connectivity index (χ1) is 13.9. The number of hydrogen-bond acceptors (Lipinski definition) is 4. The highest BCUT2D eigenvalue weighted by Gasteiger charge is 2.17. The molecule has 0 radical (unpaired) electrons. The number of nitrogens with zero attached hydrogens (tertiary/aromatic N) is 1. The highest BCUT2D eigenvalue weighted by molar-refractivity contribution is 5.98. The van der Waals surface area contributed by atoms with Crippen LogP contribution < -0.4 is 0 Å². The fourth-order valence-corrected chi connectivity index (χ4v) is 3.40. The molecule has 0 saturated carbocycles. The van der Waals surface area contributed by atoms with E-state index in [1.807, 2.05) is 12.1 Å². The average molecular weight is 397 g/mol. The number of ketones is 1. The largest absolute Gasteiger partial charge is 0.456 e. The van der Waals surface area contributed by atoms with Gasteiger partial charge in [0.25, 0.3) is 5.91 Å². The third-order valence-corrected chi connectivity index (χ3v) is 5.12. The summed E-state index contributed by atoms with van der Waals surface area (Å²) >= 11 is 0. The summed E-state index contributed by atoms with van der Waals surface area (Å²) in [6.45, 7) is -0.351. The minimum atomic E-state index is -0.604. The number of Topliss-reactive ketones (excluding diaryl/α,β-unsaturated/α-hetero) is 1. The van der Waals surface area contributed by atoms with Gasteiger partial charge in [-0.3, -0.25) is 14.4 Å². The van der Waals surface area contributed by atoms with Crippen LogP contribution in [-0.4, -0.2) is 36.2 Å². The van der Waals surface area contributed by atoms with Gasteiger partial charge < -0.3 is 9.64 Å². The predicted octanol–water partition coefficient (Wildman–Crippen LogP) is 3.48. The standard InChI is InChI=1S/C23H24FNO4/c1-25(14-19-5-2-3-8-20(19)24)22(27)15-29-23(28)12-11-21(26)18-10-9-16-6-4-7-17(16)13-18/h2-3,5,8-10,13H,4,6-7,11-12,14-15H2,1H3. The molecule has 0 N–H and O–H groups in total. The molecule has 3 rings (SSSR count). The third-order valence-electron chi connectivity index (χ3n) is 5.12. The summed E-state index contributed by atoms with van der Waals surface area (Å²) in [7, 11) is 1.51. The lowest BCUT2D eigenvalue weighted by Crippen LogP contribution is -2.31. The van der Waals surface area contributed by atoms with E-state index in [4.69, 9.17) is 4.74 Å². The molecule has 0 spiro atoms. The number of carbonyl (C=O) groups is 3. The fraction of sp³-hybridized carbons (Fsp3) is 0.348. The van der Waals surface area contributed by atoms with E-state index >= 15 is 0 Å². The molecule has 0 heterocycles. The number of aryl methyl sites for hydroxylation is 2. The van der Waals surface area contributed by atoms with Crippen LogP contribution in [0.4, 0.5) is 4.39 Å². The van der Waals surface area contributed by atoms with Crippen LogP contribution in [0.15, 0.2) is 42.5 Å². The molecular weight excluding hydrogens is 373 g/mol. The van der Waals surface area contributed by atoms with Gasteiger partial charge >= 0.3 is 5.97 Å². The number of rotatable bonds is 8. The van der Waals surface area contributed by atoms with Crippen molar-refractivity contribution in [1.29, 1.82) is 0 Å². The predicted molar refractivity (Wildman–Crippen MR) is 106 cm³/mol. The summed E-state index contributed by atoms with van der Waals surface area (Å²) in [5.74, 6) is -1.55. The first kappa shape index (κ1) is 20.7. The number of fused-ring (bicyclic) bond motifs is 1. The van der Waals surface area contributed by atoms with Crippen molar-refractivity contribution in [3.05, 3.63) is 70.5 Å². The monoisotopic (exact) mass is 397 g/mol. The second-order valence-corrected chi connectivity index (χ2v) is 7.26. The molecule has 5 nitrogen and oxygen atoms in total. The first-order valence-electron chi connectivity index (χ1n) is 9.72. The number of amides is 1. The van der Waals surface area contributed by atoms with Crippen LogP contribution in [0.1, 0.15) is 46.3 Å². The zero-order chi connectivity index (χ0) is 20.8. The second kappa shape index (κ2) is 9.45. The summed E-state index contributed by atoms with van der Waals surface area (Å²) in [6.07, 6.45) is 3.10. The maximum atomic E-state index is 13.7. The minimum absolute atomic E-state index is 0.0386. The molecule has 0 atom stereocenters. The quantitative estimate of drug-likeness (QED) is 0.505. The summed E-state index contributed by atoms with van der Waals surface area (Å²) < 4.78 is 18.6. The summed E-state index contributed by atoms with van der Waals surface area (Å²) in [5, 5.41) is 0.